The molecule has 0 aliphatic rings. The van der Waals surface area contributed by atoms with Crippen molar-refractivity contribution in [2.24, 2.45) is 0 Å². The van der Waals surface area contributed by atoms with Crippen LogP contribution < -0.4 is 10.5 Å². The van der Waals surface area contributed by atoms with Crippen molar-refractivity contribution in [3.8, 4) is 0 Å². The fraction of sp³-hybridized carbons (Fsp3) is 0.286. The number of anilines is 2. The molecule has 0 fully saturated rings. The van der Waals surface area contributed by atoms with Gasteiger partial charge in [0.1, 0.15) is 10.4 Å². The topological polar surface area (TPSA) is 116 Å². The molecule has 0 aromatic carbocycles. The van der Waals surface area contributed by atoms with E-state index in [4.69, 9.17) is 5.73 Å². The molecule has 92 valence electrons. The average Bonchev–Trinajstić information content (AvgIpc) is 2.86. The molecule has 2 heterocycles. The number of rotatable bonds is 4. The van der Waals surface area contributed by atoms with E-state index in [2.05, 4.69) is 20.0 Å². The van der Waals surface area contributed by atoms with Crippen LogP contribution in [0.15, 0.2) is 16.6 Å². The SMILES string of the molecule is CCn1cc(S(=O)(=O)Nc2nncs2)c(N)n1. The van der Waals surface area contributed by atoms with Crippen molar-refractivity contribution in [2.45, 2.75) is 18.4 Å². The van der Waals surface area contributed by atoms with Gasteiger partial charge in [0, 0.05) is 12.7 Å². The molecular weight excluding hydrogens is 264 g/mol. The molecule has 0 aliphatic heterocycles. The predicted molar refractivity (Wildman–Crippen MR) is 63.0 cm³/mol. The second kappa shape index (κ2) is 4.30. The van der Waals surface area contributed by atoms with Gasteiger partial charge in [0.2, 0.25) is 5.13 Å². The molecule has 0 saturated heterocycles. The van der Waals surface area contributed by atoms with E-state index >= 15 is 0 Å². The number of nitrogens with zero attached hydrogens (tertiary/aromatic N) is 4. The molecule has 0 saturated carbocycles. The minimum atomic E-state index is -3.75. The summed E-state index contributed by atoms with van der Waals surface area (Å²) in [5, 5.41) is 11.2. The molecule has 0 radical (unpaired) electrons. The summed E-state index contributed by atoms with van der Waals surface area (Å²) in [6.45, 7) is 2.37. The van der Waals surface area contributed by atoms with Gasteiger partial charge in [-0.15, -0.1) is 10.2 Å². The Labute approximate surface area is 102 Å². The summed E-state index contributed by atoms with van der Waals surface area (Å²) in [6, 6.07) is 0. The largest absolute Gasteiger partial charge is 0.381 e. The summed E-state index contributed by atoms with van der Waals surface area (Å²) in [6.07, 6.45) is 1.37. The molecular formula is C7H10N6O2S2. The Morgan fingerprint density at radius 2 is 2.35 bits per heavy atom. The highest BCUT2D eigenvalue weighted by molar-refractivity contribution is 7.93. The van der Waals surface area contributed by atoms with Crippen LogP contribution in [0.1, 0.15) is 6.92 Å². The second-order valence-corrected chi connectivity index (χ2v) is 5.57. The maximum Gasteiger partial charge on any atom is 0.268 e. The van der Waals surface area contributed by atoms with Crippen molar-refractivity contribution in [1.29, 1.82) is 0 Å². The molecule has 17 heavy (non-hydrogen) atoms. The molecule has 0 aliphatic carbocycles. The molecule has 3 N–H and O–H groups in total. The molecule has 2 aromatic rings. The summed E-state index contributed by atoms with van der Waals surface area (Å²) < 4.78 is 27.6. The molecule has 0 bridgehead atoms. The van der Waals surface area contributed by atoms with Crippen LogP contribution in [-0.4, -0.2) is 28.4 Å². The monoisotopic (exact) mass is 274 g/mol. The van der Waals surface area contributed by atoms with Gasteiger partial charge in [-0.3, -0.25) is 9.40 Å². The summed E-state index contributed by atoms with van der Waals surface area (Å²) in [4.78, 5) is -0.0606. The molecule has 2 aromatic heterocycles. The van der Waals surface area contributed by atoms with E-state index in [0.29, 0.717) is 6.54 Å². The second-order valence-electron chi connectivity index (χ2n) is 3.08. The predicted octanol–water partition coefficient (Wildman–Crippen LogP) is 0.137. The normalized spacial score (nSPS) is 11.6. The number of sulfonamides is 1. The van der Waals surface area contributed by atoms with Crippen molar-refractivity contribution in [3.05, 3.63) is 11.7 Å². The summed E-state index contributed by atoms with van der Waals surface area (Å²) in [5.41, 5.74) is 6.98. The highest BCUT2D eigenvalue weighted by atomic mass is 32.2. The summed E-state index contributed by atoms with van der Waals surface area (Å²) in [5.74, 6) is -0.0381. The van der Waals surface area contributed by atoms with Crippen molar-refractivity contribution in [3.63, 3.8) is 0 Å². The molecule has 10 heteroatoms. The van der Waals surface area contributed by atoms with E-state index < -0.39 is 10.0 Å². The molecule has 0 amide bonds. The standard InChI is InChI=1S/C7H10N6O2S2/c1-2-13-3-5(6(8)11-13)17(14,15)12-7-10-9-4-16-7/h3-4H,2H2,1H3,(H2,8,11)(H,10,12). The van der Waals surface area contributed by atoms with Crippen LogP contribution in [0.4, 0.5) is 10.9 Å². The lowest BCUT2D eigenvalue weighted by Crippen LogP contribution is -2.13. The Hall–Kier alpha value is -1.68. The number of nitrogen functional groups attached to an aromatic ring is 1. The maximum atomic E-state index is 11.9. The zero-order chi connectivity index (χ0) is 12.5. The Bertz CT molecular complexity index is 602. The first-order chi connectivity index (χ1) is 8.03. The average molecular weight is 274 g/mol. The van der Waals surface area contributed by atoms with Gasteiger partial charge < -0.3 is 5.73 Å². The zero-order valence-corrected chi connectivity index (χ0v) is 10.5. The smallest absolute Gasteiger partial charge is 0.268 e. The fourth-order valence-electron chi connectivity index (χ4n) is 1.17. The number of aromatic nitrogens is 4. The first-order valence-corrected chi connectivity index (χ1v) is 7.01. The zero-order valence-electron chi connectivity index (χ0n) is 8.86. The molecule has 8 nitrogen and oxygen atoms in total. The van der Waals surface area contributed by atoms with Crippen LogP contribution in [0.25, 0.3) is 0 Å². The minimum absolute atomic E-state index is 0.0381. The summed E-state index contributed by atoms with van der Waals surface area (Å²) in [7, 11) is -3.75. The molecule has 0 unspecified atom stereocenters. The summed E-state index contributed by atoms with van der Waals surface area (Å²) >= 11 is 1.08. The Morgan fingerprint density at radius 1 is 1.59 bits per heavy atom. The number of nitrogens with two attached hydrogens (primary N) is 1. The van der Waals surface area contributed by atoms with Gasteiger partial charge in [-0.05, 0) is 6.92 Å². The number of aryl methyl sites for hydroxylation is 1. The Morgan fingerprint density at radius 3 is 2.88 bits per heavy atom. The van der Waals surface area contributed by atoms with Gasteiger partial charge >= 0.3 is 0 Å². The first kappa shape index (κ1) is 11.8. The van der Waals surface area contributed by atoms with Crippen molar-refractivity contribution >= 4 is 32.3 Å². The van der Waals surface area contributed by atoms with Crippen molar-refractivity contribution in [2.75, 3.05) is 10.5 Å². The fourth-order valence-corrected chi connectivity index (χ4v) is 2.94. The van der Waals surface area contributed by atoms with E-state index in [1.165, 1.54) is 16.4 Å². The third-order valence-electron chi connectivity index (χ3n) is 1.95. The van der Waals surface area contributed by atoms with E-state index in [1.807, 2.05) is 6.92 Å². The highest BCUT2D eigenvalue weighted by Gasteiger charge is 2.22. The quantitative estimate of drug-likeness (QED) is 0.819. The van der Waals surface area contributed by atoms with Crippen molar-refractivity contribution in [1.82, 2.24) is 20.0 Å². The number of nitrogens with one attached hydrogen (secondary N) is 1. The molecule has 0 spiro atoms. The highest BCUT2D eigenvalue weighted by Crippen LogP contribution is 2.20. The van der Waals surface area contributed by atoms with E-state index in [0.717, 1.165) is 11.3 Å². The molecule has 2 rings (SSSR count). The van der Waals surface area contributed by atoms with Gasteiger partial charge in [-0.25, -0.2) is 8.42 Å². The van der Waals surface area contributed by atoms with Crippen LogP contribution in [0.3, 0.4) is 0 Å². The third kappa shape index (κ3) is 2.36. The van der Waals surface area contributed by atoms with Gasteiger partial charge in [0.05, 0.1) is 0 Å². The molecule has 0 atom stereocenters. The lowest BCUT2D eigenvalue weighted by Gasteiger charge is -2.01. The van der Waals surface area contributed by atoms with Crippen LogP contribution >= 0.6 is 11.3 Å². The van der Waals surface area contributed by atoms with Gasteiger partial charge in [0.25, 0.3) is 10.0 Å². The maximum absolute atomic E-state index is 11.9. The van der Waals surface area contributed by atoms with Crippen LogP contribution in [0.5, 0.6) is 0 Å². The van der Waals surface area contributed by atoms with Crippen molar-refractivity contribution < 1.29 is 8.42 Å². The minimum Gasteiger partial charge on any atom is -0.381 e. The van der Waals surface area contributed by atoms with Crippen LogP contribution in [0.2, 0.25) is 0 Å². The van der Waals surface area contributed by atoms with Crippen LogP contribution in [0, 0.1) is 0 Å². The van der Waals surface area contributed by atoms with Gasteiger partial charge in [-0.2, -0.15) is 5.10 Å². The Balaban J connectivity index is 2.34. The lowest BCUT2D eigenvalue weighted by atomic mass is 10.6. The first-order valence-electron chi connectivity index (χ1n) is 4.65. The number of hydrogen-bond acceptors (Lipinski definition) is 7. The van der Waals surface area contributed by atoms with E-state index in [1.54, 1.807) is 0 Å². The lowest BCUT2D eigenvalue weighted by molar-refractivity contribution is 0.600. The van der Waals surface area contributed by atoms with Gasteiger partial charge in [-0.1, -0.05) is 11.3 Å². The van der Waals surface area contributed by atoms with Gasteiger partial charge in [0.15, 0.2) is 5.82 Å². The number of hydrogen-bond donors (Lipinski definition) is 2. The van der Waals surface area contributed by atoms with E-state index in [-0.39, 0.29) is 15.8 Å². The Kier molecular flexibility index (Phi) is 2.98. The third-order valence-corrected chi connectivity index (χ3v) is 4.04. The van der Waals surface area contributed by atoms with E-state index in [9.17, 15) is 8.42 Å². The van der Waals surface area contributed by atoms with Crippen LogP contribution in [-0.2, 0) is 16.6 Å².